The Hall–Kier alpha value is -1.97. The van der Waals surface area contributed by atoms with Crippen molar-refractivity contribution in [3.63, 3.8) is 0 Å². The van der Waals surface area contributed by atoms with Gasteiger partial charge < -0.3 is 15.1 Å². The van der Waals surface area contributed by atoms with Gasteiger partial charge in [0.2, 0.25) is 0 Å². The third kappa shape index (κ3) is 2.79. The highest BCUT2D eigenvalue weighted by Crippen LogP contribution is 2.22. The summed E-state index contributed by atoms with van der Waals surface area (Å²) in [5.74, 6) is -0.279. The molecule has 0 bridgehead atoms. The Kier molecular flexibility index (Phi) is 4.02. The number of aliphatic hydroxyl groups is 2. The van der Waals surface area contributed by atoms with E-state index >= 15 is 0 Å². The van der Waals surface area contributed by atoms with Crippen molar-refractivity contribution < 1.29 is 15.0 Å². The van der Waals surface area contributed by atoms with E-state index in [1.807, 2.05) is 6.07 Å². The highest BCUT2D eigenvalue weighted by Gasteiger charge is 2.35. The number of carbonyl (C=O) groups excluding carboxylic acids is 1. The monoisotopic (exact) mass is 275 g/mol. The Morgan fingerprint density at radius 3 is 3.00 bits per heavy atom. The molecule has 1 fully saturated rings. The molecule has 0 spiro atoms. The van der Waals surface area contributed by atoms with Gasteiger partial charge in [-0.25, -0.2) is 4.98 Å². The van der Waals surface area contributed by atoms with Crippen LogP contribution < -0.4 is 0 Å². The quantitative estimate of drug-likeness (QED) is 0.804. The molecule has 1 atom stereocenters. The molecular weight excluding hydrogens is 258 g/mol. The Bertz CT molecular complexity index is 567. The van der Waals surface area contributed by atoms with Crippen LogP contribution in [0.4, 0.5) is 0 Å². The van der Waals surface area contributed by atoms with Crippen LogP contribution in [0.2, 0.25) is 0 Å². The number of aromatic nitrogens is 1. The SMILES string of the molecule is Cc1cc(C#N)cnc1C(=O)N1CCCC(O)(CO)C1. The standard InChI is InChI=1S/C14H17N3O3/c1-10-5-11(6-15)7-16-12(10)13(19)17-4-2-3-14(20,8-17)9-18/h5,7,18,20H,2-4,8-9H2,1H3. The molecule has 20 heavy (non-hydrogen) atoms. The number of likely N-dealkylation sites (tertiary alicyclic amines) is 1. The van der Waals surface area contributed by atoms with E-state index in [9.17, 15) is 15.0 Å². The number of aliphatic hydroxyl groups excluding tert-OH is 1. The van der Waals surface area contributed by atoms with Gasteiger partial charge in [-0.3, -0.25) is 4.79 Å². The molecule has 2 N–H and O–H groups in total. The number of β-amino-alcohol motifs (C(OH)–C–C–N with tert-alkyl or cyclic N) is 1. The average Bonchev–Trinajstić information content (AvgIpc) is 2.46. The normalized spacial score (nSPS) is 22.4. The summed E-state index contributed by atoms with van der Waals surface area (Å²) in [6.45, 7) is 1.99. The lowest BCUT2D eigenvalue weighted by Crippen LogP contribution is -2.52. The van der Waals surface area contributed by atoms with E-state index < -0.39 is 5.60 Å². The zero-order valence-electron chi connectivity index (χ0n) is 11.3. The lowest BCUT2D eigenvalue weighted by Gasteiger charge is -2.38. The molecular formula is C14H17N3O3. The molecule has 6 heteroatoms. The van der Waals surface area contributed by atoms with Crippen molar-refractivity contribution in [3.05, 3.63) is 29.1 Å². The van der Waals surface area contributed by atoms with Gasteiger partial charge in [-0.2, -0.15) is 5.26 Å². The minimum Gasteiger partial charge on any atom is -0.393 e. The number of hydrogen-bond acceptors (Lipinski definition) is 5. The van der Waals surface area contributed by atoms with Crippen LogP contribution in [0, 0.1) is 18.3 Å². The smallest absolute Gasteiger partial charge is 0.272 e. The van der Waals surface area contributed by atoms with Crippen molar-refractivity contribution in [2.45, 2.75) is 25.4 Å². The minimum absolute atomic E-state index is 0.101. The van der Waals surface area contributed by atoms with Gasteiger partial charge in [0.25, 0.3) is 5.91 Å². The molecule has 2 rings (SSSR count). The van der Waals surface area contributed by atoms with E-state index in [2.05, 4.69) is 4.98 Å². The van der Waals surface area contributed by atoms with Crippen LogP contribution in [0.15, 0.2) is 12.3 Å². The zero-order valence-corrected chi connectivity index (χ0v) is 11.3. The van der Waals surface area contributed by atoms with Gasteiger partial charge in [-0.05, 0) is 31.4 Å². The Morgan fingerprint density at radius 1 is 1.65 bits per heavy atom. The molecule has 106 valence electrons. The van der Waals surface area contributed by atoms with E-state index in [0.29, 0.717) is 30.5 Å². The molecule has 0 aromatic carbocycles. The summed E-state index contributed by atoms with van der Waals surface area (Å²) >= 11 is 0. The van der Waals surface area contributed by atoms with Crippen molar-refractivity contribution in [1.82, 2.24) is 9.88 Å². The van der Waals surface area contributed by atoms with Gasteiger partial charge in [0, 0.05) is 12.7 Å². The van der Waals surface area contributed by atoms with Crippen LogP contribution in [-0.4, -0.2) is 51.3 Å². The first-order valence-electron chi connectivity index (χ1n) is 6.48. The average molecular weight is 275 g/mol. The van der Waals surface area contributed by atoms with Crippen molar-refractivity contribution in [3.8, 4) is 6.07 Å². The fraction of sp³-hybridized carbons (Fsp3) is 0.500. The van der Waals surface area contributed by atoms with E-state index in [-0.39, 0.29) is 24.8 Å². The Morgan fingerprint density at radius 2 is 2.40 bits per heavy atom. The molecule has 1 aromatic rings. The molecule has 1 saturated heterocycles. The first kappa shape index (κ1) is 14.4. The Labute approximate surface area is 117 Å². The largest absolute Gasteiger partial charge is 0.393 e. The molecule has 1 aromatic heterocycles. The number of piperidine rings is 1. The number of carbonyl (C=O) groups is 1. The van der Waals surface area contributed by atoms with Gasteiger partial charge in [-0.1, -0.05) is 0 Å². The molecule has 1 aliphatic rings. The van der Waals surface area contributed by atoms with E-state index in [1.165, 1.54) is 11.1 Å². The fourth-order valence-corrected chi connectivity index (χ4v) is 2.42. The third-order valence-electron chi connectivity index (χ3n) is 3.55. The highest BCUT2D eigenvalue weighted by atomic mass is 16.3. The predicted molar refractivity (Wildman–Crippen MR) is 70.9 cm³/mol. The van der Waals surface area contributed by atoms with Crippen LogP contribution in [0.1, 0.15) is 34.5 Å². The maximum atomic E-state index is 12.4. The second kappa shape index (κ2) is 5.57. The lowest BCUT2D eigenvalue weighted by atomic mass is 9.93. The second-order valence-corrected chi connectivity index (χ2v) is 5.21. The molecule has 1 aliphatic heterocycles. The third-order valence-corrected chi connectivity index (χ3v) is 3.55. The molecule has 0 radical (unpaired) electrons. The minimum atomic E-state index is -1.23. The first-order chi connectivity index (χ1) is 9.49. The molecule has 2 heterocycles. The van der Waals surface area contributed by atoms with E-state index in [0.717, 1.165) is 0 Å². The zero-order chi connectivity index (χ0) is 14.8. The van der Waals surface area contributed by atoms with E-state index in [1.54, 1.807) is 13.0 Å². The van der Waals surface area contributed by atoms with Crippen LogP contribution in [-0.2, 0) is 0 Å². The maximum Gasteiger partial charge on any atom is 0.272 e. The summed E-state index contributed by atoms with van der Waals surface area (Å²) in [6, 6.07) is 3.59. The molecule has 0 saturated carbocycles. The van der Waals surface area contributed by atoms with Crippen molar-refractivity contribution in [2.24, 2.45) is 0 Å². The molecule has 6 nitrogen and oxygen atoms in total. The maximum absolute atomic E-state index is 12.4. The summed E-state index contributed by atoms with van der Waals surface area (Å²) < 4.78 is 0. The predicted octanol–water partition coefficient (Wildman–Crippen LogP) is 0.221. The molecule has 1 unspecified atom stereocenters. The fourth-order valence-electron chi connectivity index (χ4n) is 2.42. The Balaban J connectivity index is 2.21. The van der Waals surface area contributed by atoms with Gasteiger partial charge in [0.1, 0.15) is 17.4 Å². The first-order valence-corrected chi connectivity index (χ1v) is 6.48. The van der Waals surface area contributed by atoms with Crippen LogP contribution in [0.25, 0.3) is 0 Å². The van der Waals surface area contributed by atoms with Crippen LogP contribution in [0.3, 0.4) is 0 Å². The van der Waals surface area contributed by atoms with Crippen molar-refractivity contribution in [1.29, 1.82) is 5.26 Å². The number of pyridine rings is 1. The summed E-state index contributed by atoms with van der Waals surface area (Å²) in [4.78, 5) is 18.0. The second-order valence-electron chi connectivity index (χ2n) is 5.21. The molecule has 1 amide bonds. The van der Waals surface area contributed by atoms with E-state index in [4.69, 9.17) is 5.26 Å². The lowest BCUT2D eigenvalue weighted by molar-refractivity contribution is -0.0599. The van der Waals surface area contributed by atoms with Gasteiger partial charge in [0.15, 0.2) is 0 Å². The number of rotatable bonds is 2. The topological polar surface area (TPSA) is 97.5 Å². The van der Waals surface area contributed by atoms with Crippen molar-refractivity contribution in [2.75, 3.05) is 19.7 Å². The number of amides is 1. The van der Waals surface area contributed by atoms with Crippen LogP contribution in [0.5, 0.6) is 0 Å². The summed E-state index contributed by atoms with van der Waals surface area (Å²) in [5, 5.41) is 28.1. The summed E-state index contributed by atoms with van der Waals surface area (Å²) in [7, 11) is 0. The number of aryl methyl sites for hydroxylation is 1. The van der Waals surface area contributed by atoms with Crippen LogP contribution >= 0.6 is 0 Å². The van der Waals surface area contributed by atoms with Crippen molar-refractivity contribution >= 4 is 5.91 Å². The number of nitriles is 1. The number of nitrogens with zero attached hydrogens (tertiary/aromatic N) is 3. The van der Waals surface area contributed by atoms with Gasteiger partial charge in [0.05, 0.1) is 18.7 Å². The number of hydrogen-bond donors (Lipinski definition) is 2. The summed E-state index contributed by atoms with van der Waals surface area (Å²) in [5.41, 5.74) is 0.0944. The van der Waals surface area contributed by atoms with Gasteiger partial charge >= 0.3 is 0 Å². The summed E-state index contributed by atoms with van der Waals surface area (Å²) in [6.07, 6.45) is 2.48. The van der Waals surface area contributed by atoms with Gasteiger partial charge in [-0.15, -0.1) is 0 Å². The molecule has 0 aliphatic carbocycles. The highest BCUT2D eigenvalue weighted by molar-refractivity contribution is 5.93.